The Balaban J connectivity index is 2.39. The lowest BCUT2D eigenvalue weighted by atomic mass is 10.1. The number of nitrogens with zero attached hydrogens (tertiary/aromatic N) is 1. The van der Waals surface area contributed by atoms with E-state index in [0.717, 1.165) is 25.0 Å². The molecule has 0 aliphatic heterocycles. The minimum Gasteiger partial charge on any atom is -0.479 e. The molecule has 1 unspecified atom stereocenters. The maximum absolute atomic E-state index is 13.3. The van der Waals surface area contributed by atoms with Gasteiger partial charge >= 0.3 is 5.97 Å². The zero-order valence-electron chi connectivity index (χ0n) is 9.35. The van der Waals surface area contributed by atoms with Gasteiger partial charge in [0.2, 0.25) is 6.41 Å². The van der Waals surface area contributed by atoms with Gasteiger partial charge in [0.1, 0.15) is 5.82 Å². The van der Waals surface area contributed by atoms with E-state index in [1.54, 1.807) is 0 Å². The Kier molecular flexibility index (Phi) is 3.52. The predicted molar refractivity (Wildman–Crippen MR) is 62.7 cm³/mol. The lowest BCUT2D eigenvalue weighted by Crippen LogP contribution is -2.34. The van der Waals surface area contributed by atoms with Gasteiger partial charge in [0, 0.05) is 11.1 Å². The van der Waals surface area contributed by atoms with E-state index < -0.39 is 17.8 Å². The van der Waals surface area contributed by atoms with Crippen molar-refractivity contribution >= 4 is 24.0 Å². The highest BCUT2D eigenvalue weighted by Crippen LogP contribution is 2.34. The molecule has 0 saturated heterocycles. The van der Waals surface area contributed by atoms with E-state index in [9.17, 15) is 19.1 Å². The standard InChI is InChI=1S/C12H11ClFNO3/c13-8-3-7(4-9(14)5-8)11(12(17)18)15(6-16)10-1-2-10/h3-6,10-11H,1-2H2,(H,17,18). The minimum atomic E-state index is -1.20. The van der Waals surface area contributed by atoms with Gasteiger partial charge in [-0.25, -0.2) is 9.18 Å². The van der Waals surface area contributed by atoms with Gasteiger partial charge in [-0.2, -0.15) is 0 Å². The summed E-state index contributed by atoms with van der Waals surface area (Å²) in [5, 5.41) is 9.33. The second kappa shape index (κ2) is 4.94. The van der Waals surface area contributed by atoms with Crippen LogP contribution in [0.5, 0.6) is 0 Å². The van der Waals surface area contributed by atoms with E-state index in [2.05, 4.69) is 0 Å². The van der Waals surface area contributed by atoms with Crippen LogP contribution >= 0.6 is 11.6 Å². The van der Waals surface area contributed by atoms with Gasteiger partial charge in [-0.15, -0.1) is 0 Å². The first-order valence-corrected chi connectivity index (χ1v) is 5.82. The monoisotopic (exact) mass is 271 g/mol. The van der Waals surface area contributed by atoms with E-state index in [1.165, 1.54) is 11.0 Å². The third-order valence-corrected chi connectivity index (χ3v) is 3.04. The highest BCUT2D eigenvalue weighted by atomic mass is 35.5. The van der Waals surface area contributed by atoms with Crippen LogP contribution < -0.4 is 0 Å². The fourth-order valence-corrected chi connectivity index (χ4v) is 2.14. The number of carboxylic acid groups (broad SMARTS) is 1. The Morgan fingerprint density at radius 2 is 2.17 bits per heavy atom. The van der Waals surface area contributed by atoms with E-state index in [4.69, 9.17) is 11.6 Å². The summed E-state index contributed by atoms with van der Waals surface area (Å²) in [5.74, 6) is -1.82. The molecule has 1 aromatic carbocycles. The van der Waals surface area contributed by atoms with Crippen molar-refractivity contribution in [2.75, 3.05) is 0 Å². The summed E-state index contributed by atoms with van der Waals surface area (Å²) in [4.78, 5) is 23.5. The number of aliphatic carboxylic acids is 1. The lowest BCUT2D eigenvalue weighted by molar-refractivity contribution is -0.147. The van der Waals surface area contributed by atoms with Crippen molar-refractivity contribution < 1.29 is 19.1 Å². The average Bonchev–Trinajstić information content (AvgIpc) is 3.07. The van der Waals surface area contributed by atoms with Gasteiger partial charge < -0.3 is 10.0 Å². The van der Waals surface area contributed by atoms with Crippen molar-refractivity contribution in [1.82, 2.24) is 4.90 Å². The molecule has 0 heterocycles. The average molecular weight is 272 g/mol. The molecular weight excluding hydrogens is 261 g/mol. The summed E-state index contributed by atoms with van der Waals surface area (Å²) in [7, 11) is 0. The SMILES string of the molecule is O=CN(C1CC1)C(C(=O)O)c1cc(F)cc(Cl)c1. The van der Waals surface area contributed by atoms with Crippen molar-refractivity contribution in [3.63, 3.8) is 0 Å². The highest BCUT2D eigenvalue weighted by Gasteiger charge is 2.37. The van der Waals surface area contributed by atoms with Crippen LogP contribution in [0.25, 0.3) is 0 Å². The second-order valence-electron chi connectivity index (χ2n) is 4.23. The quantitative estimate of drug-likeness (QED) is 0.836. The summed E-state index contributed by atoms with van der Waals surface area (Å²) < 4.78 is 13.3. The molecule has 1 aromatic rings. The number of carboxylic acids is 1. The fraction of sp³-hybridized carbons (Fsp3) is 0.333. The molecule has 1 aliphatic carbocycles. The molecule has 4 nitrogen and oxygen atoms in total. The Morgan fingerprint density at radius 3 is 2.61 bits per heavy atom. The lowest BCUT2D eigenvalue weighted by Gasteiger charge is -2.25. The minimum absolute atomic E-state index is 0.0781. The zero-order chi connectivity index (χ0) is 13.3. The Labute approximate surface area is 108 Å². The van der Waals surface area contributed by atoms with E-state index in [0.29, 0.717) is 6.41 Å². The maximum atomic E-state index is 13.3. The molecule has 2 rings (SSSR count). The summed E-state index contributed by atoms with van der Waals surface area (Å²) in [6, 6.07) is 2.27. The molecule has 0 spiro atoms. The largest absolute Gasteiger partial charge is 0.479 e. The number of hydrogen-bond acceptors (Lipinski definition) is 2. The molecule has 0 bridgehead atoms. The molecule has 0 radical (unpaired) electrons. The predicted octanol–water partition coefficient (Wildman–Crippen LogP) is 2.23. The van der Waals surface area contributed by atoms with Crippen molar-refractivity contribution in [1.29, 1.82) is 0 Å². The number of benzene rings is 1. The van der Waals surface area contributed by atoms with Gasteiger partial charge in [0.25, 0.3) is 0 Å². The van der Waals surface area contributed by atoms with Crippen LogP contribution in [-0.4, -0.2) is 28.4 Å². The van der Waals surface area contributed by atoms with Crippen LogP contribution in [-0.2, 0) is 9.59 Å². The van der Waals surface area contributed by atoms with Crippen molar-refractivity contribution in [2.45, 2.75) is 24.9 Å². The highest BCUT2D eigenvalue weighted by molar-refractivity contribution is 6.30. The molecule has 96 valence electrons. The van der Waals surface area contributed by atoms with Crippen molar-refractivity contribution in [2.24, 2.45) is 0 Å². The van der Waals surface area contributed by atoms with Crippen LogP contribution in [0, 0.1) is 5.82 Å². The molecule has 1 fully saturated rings. The number of hydrogen-bond donors (Lipinski definition) is 1. The third kappa shape index (κ3) is 2.61. The zero-order valence-corrected chi connectivity index (χ0v) is 10.1. The summed E-state index contributed by atoms with van der Waals surface area (Å²) in [6.07, 6.45) is 2.03. The first-order valence-electron chi connectivity index (χ1n) is 5.44. The fourth-order valence-electron chi connectivity index (χ4n) is 1.91. The van der Waals surface area contributed by atoms with Crippen LogP contribution in [0.1, 0.15) is 24.4 Å². The molecule has 1 N–H and O–H groups in total. The molecule has 1 atom stereocenters. The van der Waals surface area contributed by atoms with Crippen LogP contribution in [0.3, 0.4) is 0 Å². The van der Waals surface area contributed by atoms with Gasteiger partial charge in [0.15, 0.2) is 6.04 Å². The van der Waals surface area contributed by atoms with E-state index >= 15 is 0 Å². The normalized spacial score (nSPS) is 16.1. The Morgan fingerprint density at radius 1 is 1.50 bits per heavy atom. The van der Waals surface area contributed by atoms with Gasteiger partial charge in [-0.1, -0.05) is 11.6 Å². The number of carbonyl (C=O) groups is 2. The molecule has 1 amide bonds. The second-order valence-corrected chi connectivity index (χ2v) is 4.66. The molecule has 1 aliphatic rings. The van der Waals surface area contributed by atoms with E-state index in [1.807, 2.05) is 0 Å². The van der Waals surface area contributed by atoms with Gasteiger partial charge in [-0.05, 0) is 36.6 Å². The summed E-state index contributed by atoms with van der Waals surface area (Å²) >= 11 is 5.70. The third-order valence-electron chi connectivity index (χ3n) is 2.82. The first kappa shape index (κ1) is 12.8. The molecule has 1 saturated carbocycles. The smallest absolute Gasteiger partial charge is 0.331 e. The van der Waals surface area contributed by atoms with Crippen LogP contribution in [0.4, 0.5) is 4.39 Å². The van der Waals surface area contributed by atoms with Gasteiger partial charge in [0.05, 0.1) is 0 Å². The van der Waals surface area contributed by atoms with Crippen LogP contribution in [0.2, 0.25) is 5.02 Å². The summed E-state index contributed by atoms with van der Waals surface area (Å²) in [6.45, 7) is 0. The van der Waals surface area contributed by atoms with Crippen molar-refractivity contribution in [3.05, 3.63) is 34.6 Å². The van der Waals surface area contributed by atoms with Gasteiger partial charge in [-0.3, -0.25) is 4.79 Å². The number of rotatable bonds is 5. The molecular formula is C12H11ClFNO3. The van der Waals surface area contributed by atoms with E-state index in [-0.39, 0.29) is 16.6 Å². The summed E-state index contributed by atoms with van der Waals surface area (Å²) in [5.41, 5.74) is 0.173. The Bertz CT molecular complexity index is 470. The number of carbonyl (C=O) groups excluding carboxylic acids is 1. The maximum Gasteiger partial charge on any atom is 0.331 e. The molecule has 0 aromatic heterocycles. The molecule has 18 heavy (non-hydrogen) atoms. The Hall–Kier alpha value is -1.62. The van der Waals surface area contributed by atoms with Crippen LogP contribution in [0.15, 0.2) is 18.2 Å². The topological polar surface area (TPSA) is 57.6 Å². The van der Waals surface area contributed by atoms with Crippen molar-refractivity contribution in [3.8, 4) is 0 Å². The first-order chi connectivity index (χ1) is 8.52. The number of amides is 1. The molecule has 6 heteroatoms. The number of halogens is 2.